The summed E-state index contributed by atoms with van der Waals surface area (Å²) in [7, 11) is 0. The molecule has 0 aromatic heterocycles. The maximum atomic E-state index is 13.1. The molecule has 3 aliphatic heterocycles. The van der Waals surface area contributed by atoms with E-state index in [-0.39, 0.29) is 30.5 Å². The highest BCUT2D eigenvalue weighted by Gasteiger charge is 2.45. The maximum absolute atomic E-state index is 13.1. The number of amides is 4. The summed E-state index contributed by atoms with van der Waals surface area (Å²) in [5.41, 5.74) is 1.08. The molecule has 3 N–H and O–H groups in total. The highest BCUT2D eigenvalue weighted by molar-refractivity contribution is 6.24. The molecule has 3 aliphatic rings. The van der Waals surface area contributed by atoms with Crippen LogP contribution in [0.3, 0.4) is 0 Å². The third-order valence-electron chi connectivity index (χ3n) is 5.65. The van der Waals surface area contributed by atoms with Crippen LogP contribution in [0.15, 0.2) is 18.2 Å². The summed E-state index contributed by atoms with van der Waals surface area (Å²) in [5, 5.41) is 8.87. The number of rotatable bonds is 5. The fourth-order valence-corrected chi connectivity index (χ4v) is 4.28. The number of nitrogens with one attached hydrogen (secondary N) is 3. The quantitative estimate of drug-likeness (QED) is 0.578. The number of hydrogen-bond acceptors (Lipinski definition) is 7. The lowest BCUT2D eigenvalue weighted by Crippen LogP contribution is -2.54. The van der Waals surface area contributed by atoms with E-state index in [2.05, 4.69) is 16.0 Å². The van der Waals surface area contributed by atoms with Gasteiger partial charge in [-0.3, -0.25) is 29.4 Å². The largest absolute Gasteiger partial charge is 0.368 e. The Labute approximate surface area is 174 Å². The van der Waals surface area contributed by atoms with Crippen molar-refractivity contribution >= 4 is 23.6 Å². The summed E-state index contributed by atoms with van der Waals surface area (Å²) < 4.78 is 6.03. The van der Waals surface area contributed by atoms with E-state index in [0.717, 1.165) is 18.0 Å². The van der Waals surface area contributed by atoms with Gasteiger partial charge in [0.2, 0.25) is 11.8 Å². The maximum Gasteiger partial charge on any atom is 0.262 e. The van der Waals surface area contributed by atoms with Gasteiger partial charge < -0.3 is 15.4 Å². The molecule has 4 amide bonds. The zero-order valence-corrected chi connectivity index (χ0v) is 17.1. The number of piperidine rings is 1. The van der Waals surface area contributed by atoms with E-state index in [1.807, 2.05) is 13.8 Å². The Morgan fingerprint density at radius 1 is 1.20 bits per heavy atom. The number of hydrogen-bond donors (Lipinski definition) is 3. The number of nitrogens with zero attached hydrogens (tertiary/aromatic N) is 1. The van der Waals surface area contributed by atoms with Crippen molar-refractivity contribution in [2.45, 2.75) is 51.0 Å². The number of fused-ring (bicyclic) bond motifs is 1. The molecule has 160 valence electrons. The summed E-state index contributed by atoms with van der Waals surface area (Å²) in [5.74, 6) is -1.98. The van der Waals surface area contributed by atoms with E-state index >= 15 is 0 Å². The molecular formula is C21H26N4O5. The first-order valence-corrected chi connectivity index (χ1v) is 10.2. The minimum Gasteiger partial charge on any atom is -0.368 e. The molecule has 2 saturated heterocycles. The average molecular weight is 414 g/mol. The monoisotopic (exact) mass is 414 g/mol. The molecule has 0 aliphatic carbocycles. The first-order valence-electron chi connectivity index (χ1n) is 10.2. The molecular weight excluding hydrogens is 388 g/mol. The lowest BCUT2D eigenvalue weighted by molar-refractivity contribution is -0.136. The van der Waals surface area contributed by atoms with Gasteiger partial charge in [-0.05, 0) is 31.9 Å². The van der Waals surface area contributed by atoms with Crippen LogP contribution < -0.4 is 16.0 Å². The first-order chi connectivity index (χ1) is 14.3. The Balaban J connectivity index is 1.46. The summed E-state index contributed by atoms with van der Waals surface area (Å²) in [6.45, 7) is 6.59. The van der Waals surface area contributed by atoms with E-state index in [1.54, 1.807) is 18.2 Å². The van der Waals surface area contributed by atoms with Crippen LogP contribution in [-0.2, 0) is 20.9 Å². The number of carbonyl (C=O) groups is 4. The fourth-order valence-electron chi connectivity index (χ4n) is 4.28. The lowest BCUT2D eigenvalue weighted by atomic mass is 10.0. The standard InChI is InChI=1S/C21H26N4O5/c1-21(2)11-23-10-13(30-21)9-22-8-12-4-3-5-14-17(12)20(29)25(19(14)28)15-6-7-16(26)24-18(15)27/h3-5,13,15,22-23H,6-11H2,1-2H3,(H,24,26,27)/t13-,15?/m0/s1. The van der Waals surface area contributed by atoms with Crippen molar-refractivity contribution in [3.05, 3.63) is 34.9 Å². The topological polar surface area (TPSA) is 117 Å². The molecule has 1 unspecified atom stereocenters. The predicted octanol–water partition coefficient (Wildman–Crippen LogP) is -0.0556. The molecule has 0 saturated carbocycles. The number of carbonyl (C=O) groups excluding carboxylic acids is 4. The van der Waals surface area contributed by atoms with Crippen molar-refractivity contribution < 1.29 is 23.9 Å². The van der Waals surface area contributed by atoms with Crippen LogP contribution in [0.25, 0.3) is 0 Å². The van der Waals surface area contributed by atoms with Gasteiger partial charge in [0.15, 0.2) is 0 Å². The van der Waals surface area contributed by atoms with Gasteiger partial charge in [-0.15, -0.1) is 0 Å². The molecule has 2 atom stereocenters. The van der Waals surface area contributed by atoms with E-state index in [9.17, 15) is 19.2 Å². The zero-order valence-electron chi connectivity index (χ0n) is 17.1. The third-order valence-corrected chi connectivity index (χ3v) is 5.65. The van der Waals surface area contributed by atoms with Crippen LogP contribution in [0.4, 0.5) is 0 Å². The van der Waals surface area contributed by atoms with Crippen LogP contribution in [-0.4, -0.2) is 65.9 Å². The lowest BCUT2D eigenvalue weighted by Gasteiger charge is -2.36. The SMILES string of the molecule is CC1(C)CNC[C@H](CNCc2cccc3c2C(=O)N(C2CCC(=O)NC2=O)C3=O)O1. The number of benzene rings is 1. The van der Waals surface area contributed by atoms with Gasteiger partial charge in [-0.1, -0.05) is 12.1 Å². The Hall–Kier alpha value is -2.62. The number of morpholine rings is 1. The van der Waals surface area contributed by atoms with Crippen molar-refractivity contribution in [3.63, 3.8) is 0 Å². The molecule has 2 fully saturated rings. The summed E-state index contributed by atoms with van der Waals surface area (Å²) >= 11 is 0. The minimum absolute atomic E-state index is 0.00261. The molecule has 0 spiro atoms. The van der Waals surface area contributed by atoms with E-state index in [1.165, 1.54) is 0 Å². The Bertz CT molecular complexity index is 913. The van der Waals surface area contributed by atoms with Crippen LogP contribution >= 0.6 is 0 Å². The van der Waals surface area contributed by atoms with Gasteiger partial charge in [0, 0.05) is 32.6 Å². The van der Waals surface area contributed by atoms with Gasteiger partial charge in [0.1, 0.15) is 6.04 Å². The van der Waals surface area contributed by atoms with Crippen LogP contribution in [0.5, 0.6) is 0 Å². The second-order valence-corrected chi connectivity index (χ2v) is 8.55. The fraction of sp³-hybridized carbons (Fsp3) is 0.524. The molecule has 1 aromatic rings. The van der Waals surface area contributed by atoms with Gasteiger partial charge >= 0.3 is 0 Å². The normalized spacial score (nSPS) is 26.0. The van der Waals surface area contributed by atoms with Gasteiger partial charge in [0.05, 0.1) is 22.8 Å². The molecule has 9 nitrogen and oxygen atoms in total. The van der Waals surface area contributed by atoms with Crippen LogP contribution in [0, 0.1) is 0 Å². The molecule has 1 aromatic carbocycles. The molecule has 4 rings (SSSR count). The number of imide groups is 2. The van der Waals surface area contributed by atoms with Crippen molar-refractivity contribution in [3.8, 4) is 0 Å². The van der Waals surface area contributed by atoms with E-state index in [4.69, 9.17) is 4.74 Å². The van der Waals surface area contributed by atoms with Gasteiger partial charge in [-0.25, -0.2) is 0 Å². The van der Waals surface area contributed by atoms with Gasteiger partial charge in [0.25, 0.3) is 11.8 Å². The van der Waals surface area contributed by atoms with Crippen molar-refractivity contribution in [2.24, 2.45) is 0 Å². The second-order valence-electron chi connectivity index (χ2n) is 8.55. The second kappa shape index (κ2) is 7.90. The van der Waals surface area contributed by atoms with Crippen molar-refractivity contribution in [1.82, 2.24) is 20.9 Å². The molecule has 3 heterocycles. The summed E-state index contributed by atoms with van der Waals surface area (Å²) in [6, 6.07) is 4.17. The van der Waals surface area contributed by atoms with E-state index < -0.39 is 23.8 Å². The average Bonchev–Trinajstić information content (AvgIpc) is 2.93. The van der Waals surface area contributed by atoms with E-state index in [0.29, 0.717) is 29.8 Å². The third kappa shape index (κ3) is 3.88. The Morgan fingerprint density at radius 3 is 2.73 bits per heavy atom. The zero-order chi connectivity index (χ0) is 21.5. The Kier molecular flexibility index (Phi) is 5.44. The van der Waals surface area contributed by atoms with Crippen molar-refractivity contribution in [2.75, 3.05) is 19.6 Å². The highest BCUT2D eigenvalue weighted by Crippen LogP contribution is 2.30. The van der Waals surface area contributed by atoms with Crippen molar-refractivity contribution in [1.29, 1.82) is 0 Å². The number of ether oxygens (including phenoxy) is 1. The highest BCUT2D eigenvalue weighted by atomic mass is 16.5. The molecule has 30 heavy (non-hydrogen) atoms. The molecule has 0 radical (unpaired) electrons. The predicted molar refractivity (Wildman–Crippen MR) is 107 cm³/mol. The Morgan fingerprint density at radius 2 is 2.00 bits per heavy atom. The minimum atomic E-state index is -0.958. The summed E-state index contributed by atoms with van der Waals surface area (Å²) in [4.78, 5) is 50.6. The van der Waals surface area contributed by atoms with Crippen LogP contribution in [0.1, 0.15) is 53.0 Å². The molecule has 0 bridgehead atoms. The molecule has 9 heteroatoms. The van der Waals surface area contributed by atoms with Crippen LogP contribution in [0.2, 0.25) is 0 Å². The van der Waals surface area contributed by atoms with Gasteiger partial charge in [-0.2, -0.15) is 0 Å². The summed E-state index contributed by atoms with van der Waals surface area (Å²) in [6.07, 6.45) is 0.248. The first kappa shape index (κ1) is 20.6. The smallest absolute Gasteiger partial charge is 0.262 e.